The monoisotopic (exact) mass is 814 g/mol. The lowest BCUT2D eigenvalue weighted by molar-refractivity contribution is -0.133. The third-order valence-corrected chi connectivity index (χ3v) is 11.3. The molecule has 14 nitrogen and oxygen atoms in total. The zero-order chi connectivity index (χ0) is 41.5. The highest BCUT2D eigenvalue weighted by Gasteiger charge is 2.38. The van der Waals surface area contributed by atoms with E-state index in [-0.39, 0.29) is 31.0 Å². The summed E-state index contributed by atoms with van der Waals surface area (Å²) in [5.74, 6) is -1.93. The quantitative estimate of drug-likeness (QED) is 0.101. The third-order valence-electron chi connectivity index (χ3n) is 10.2. The van der Waals surface area contributed by atoms with Crippen molar-refractivity contribution in [1.29, 1.82) is 0 Å². The van der Waals surface area contributed by atoms with Gasteiger partial charge in [0.1, 0.15) is 46.3 Å². The molecule has 1 aliphatic heterocycles. The Morgan fingerprint density at radius 1 is 1.00 bits per heavy atom. The number of para-hydroxylation sites is 1. The lowest BCUT2D eigenvalue weighted by atomic mass is 9.94. The fourth-order valence-corrected chi connectivity index (χ4v) is 7.98. The molecule has 0 saturated carbocycles. The highest BCUT2D eigenvalue weighted by Crippen LogP contribution is 2.34. The number of hydrogen-bond donors (Lipinski definition) is 4. The number of carbonyl (C=O) groups is 4. The minimum atomic E-state index is -1.32. The number of amides is 4. The number of aliphatic hydroxyl groups is 1. The van der Waals surface area contributed by atoms with E-state index in [0.717, 1.165) is 10.3 Å². The number of rotatable bonds is 17. The van der Waals surface area contributed by atoms with Crippen LogP contribution in [0.4, 0.5) is 4.39 Å². The minimum Gasteiger partial charge on any atom is -0.497 e. The van der Waals surface area contributed by atoms with Crippen molar-refractivity contribution < 1.29 is 42.7 Å². The lowest BCUT2D eigenvalue weighted by Gasteiger charge is -2.29. The van der Waals surface area contributed by atoms with Gasteiger partial charge in [-0.15, -0.1) is 11.3 Å². The smallest absolute Gasteiger partial charge is 0.274 e. The zero-order valence-corrected chi connectivity index (χ0v) is 33.7. The van der Waals surface area contributed by atoms with Crippen LogP contribution in [0.1, 0.15) is 65.2 Å². The number of likely N-dealkylation sites (tertiary alicyclic amines) is 1. The van der Waals surface area contributed by atoms with Gasteiger partial charge >= 0.3 is 0 Å². The van der Waals surface area contributed by atoms with Gasteiger partial charge in [-0.3, -0.25) is 19.2 Å². The van der Waals surface area contributed by atoms with Crippen molar-refractivity contribution in [2.24, 2.45) is 11.8 Å². The summed E-state index contributed by atoms with van der Waals surface area (Å²) in [4.78, 5) is 61.7. The van der Waals surface area contributed by atoms with Gasteiger partial charge in [0.2, 0.25) is 17.7 Å². The highest BCUT2D eigenvalue weighted by molar-refractivity contribution is 7.18. The number of thiazole rings is 1. The van der Waals surface area contributed by atoms with Gasteiger partial charge in [0.15, 0.2) is 5.69 Å². The van der Waals surface area contributed by atoms with Crippen LogP contribution < -0.4 is 25.4 Å². The zero-order valence-electron chi connectivity index (χ0n) is 32.9. The number of benzene rings is 3. The number of aryl methyl sites for hydroxylation is 1. The number of halogens is 1. The molecule has 4 N–H and O–H groups in total. The van der Waals surface area contributed by atoms with E-state index < -0.39 is 59.6 Å². The molecule has 306 valence electrons. The SMILES string of the molecule is COc1ccc(CN2CC[C@@H](C[C@H](NC(=O)[C@H](Cc3ccc(F)cc3)NC(=O)[C@@H](NC(=O)c3cc(C)on3)C(C)C)C(O)c3nc4ccccc4s3)C2=O)c(OC)c1. The van der Waals surface area contributed by atoms with Crippen LogP contribution in [0.15, 0.2) is 77.3 Å². The van der Waals surface area contributed by atoms with Gasteiger partial charge in [-0.1, -0.05) is 43.3 Å². The van der Waals surface area contributed by atoms with Gasteiger partial charge < -0.3 is 40.0 Å². The average Bonchev–Trinajstić information content (AvgIpc) is 3.95. The van der Waals surface area contributed by atoms with Crippen LogP contribution in [0.5, 0.6) is 11.5 Å². The van der Waals surface area contributed by atoms with E-state index in [0.29, 0.717) is 46.3 Å². The molecule has 6 rings (SSSR count). The van der Waals surface area contributed by atoms with Crippen molar-refractivity contribution in [3.05, 3.63) is 106 Å². The molecule has 0 bridgehead atoms. The summed E-state index contributed by atoms with van der Waals surface area (Å²) in [5.41, 5.74) is 2.01. The molecule has 2 aromatic heterocycles. The molecule has 58 heavy (non-hydrogen) atoms. The average molecular weight is 815 g/mol. The lowest BCUT2D eigenvalue weighted by Crippen LogP contribution is -2.57. The number of hydrogen-bond acceptors (Lipinski definition) is 11. The number of aromatic nitrogens is 2. The molecule has 1 saturated heterocycles. The Bertz CT molecular complexity index is 2210. The van der Waals surface area contributed by atoms with Gasteiger partial charge in [0, 0.05) is 43.1 Å². The Labute approximate surface area is 339 Å². The first-order valence-electron chi connectivity index (χ1n) is 19.0. The summed E-state index contributed by atoms with van der Waals surface area (Å²) < 4.78 is 30.7. The van der Waals surface area contributed by atoms with Crippen molar-refractivity contribution in [2.45, 2.75) is 70.8 Å². The summed E-state index contributed by atoms with van der Waals surface area (Å²) in [5, 5.41) is 24.5. The molecule has 0 radical (unpaired) electrons. The van der Waals surface area contributed by atoms with Crippen LogP contribution in [-0.4, -0.2) is 82.7 Å². The highest BCUT2D eigenvalue weighted by atomic mass is 32.1. The van der Waals surface area contributed by atoms with Gasteiger partial charge in [-0.2, -0.15) is 0 Å². The van der Waals surface area contributed by atoms with Crippen LogP contribution in [0.2, 0.25) is 0 Å². The second kappa shape index (κ2) is 18.6. The molecule has 0 spiro atoms. The summed E-state index contributed by atoms with van der Waals surface area (Å²) in [7, 11) is 3.11. The maximum Gasteiger partial charge on any atom is 0.274 e. The fourth-order valence-electron chi connectivity index (χ4n) is 6.96. The summed E-state index contributed by atoms with van der Waals surface area (Å²) in [6.07, 6.45) is -0.840. The van der Waals surface area contributed by atoms with E-state index >= 15 is 0 Å². The van der Waals surface area contributed by atoms with E-state index in [1.165, 1.54) is 41.7 Å². The van der Waals surface area contributed by atoms with Gasteiger partial charge in [-0.25, -0.2) is 9.37 Å². The van der Waals surface area contributed by atoms with E-state index in [2.05, 4.69) is 26.1 Å². The van der Waals surface area contributed by atoms with Crippen molar-refractivity contribution in [2.75, 3.05) is 20.8 Å². The normalized spacial score (nSPS) is 16.2. The first kappa shape index (κ1) is 41.8. The molecule has 5 atom stereocenters. The fraction of sp³-hybridized carbons (Fsp3) is 0.381. The summed E-state index contributed by atoms with van der Waals surface area (Å²) in [6, 6.07) is 16.4. The molecule has 3 aromatic carbocycles. The number of carbonyl (C=O) groups excluding carboxylic acids is 4. The predicted molar refractivity (Wildman–Crippen MR) is 214 cm³/mol. The number of nitrogens with one attached hydrogen (secondary N) is 3. The van der Waals surface area contributed by atoms with Crippen molar-refractivity contribution in [1.82, 2.24) is 31.0 Å². The second-order valence-corrected chi connectivity index (χ2v) is 15.7. The first-order valence-corrected chi connectivity index (χ1v) is 19.8. The maximum absolute atomic E-state index is 14.4. The van der Waals surface area contributed by atoms with Gasteiger partial charge in [0.25, 0.3) is 5.91 Å². The Hall–Kier alpha value is -5.87. The number of nitrogens with zero attached hydrogens (tertiary/aromatic N) is 3. The van der Waals surface area contributed by atoms with Crippen LogP contribution in [0.25, 0.3) is 10.2 Å². The number of methoxy groups -OCH3 is 2. The van der Waals surface area contributed by atoms with Crippen LogP contribution in [-0.2, 0) is 27.3 Å². The number of ether oxygens (including phenoxy) is 2. The first-order chi connectivity index (χ1) is 27.8. The topological polar surface area (TPSA) is 185 Å². The Morgan fingerprint density at radius 2 is 1.76 bits per heavy atom. The molecule has 5 aromatic rings. The Balaban J connectivity index is 1.25. The molecule has 4 amide bonds. The largest absolute Gasteiger partial charge is 0.497 e. The van der Waals surface area contributed by atoms with Crippen LogP contribution >= 0.6 is 11.3 Å². The van der Waals surface area contributed by atoms with Crippen molar-refractivity contribution in [3.8, 4) is 11.5 Å². The van der Waals surface area contributed by atoms with E-state index in [1.807, 2.05) is 30.3 Å². The van der Waals surface area contributed by atoms with Gasteiger partial charge in [0.05, 0.1) is 30.5 Å². The van der Waals surface area contributed by atoms with Crippen LogP contribution in [0, 0.1) is 24.6 Å². The van der Waals surface area contributed by atoms with Crippen molar-refractivity contribution in [3.63, 3.8) is 0 Å². The minimum absolute atomic E-state index is 0.00797. The van der Waals surface area contributed by atoms with E-state index in [9.17, 15) is 28.7 Å². The summed E-state index contributed by atoms with van der Waals surface area (Å²) >= 11 is 1.28. The van der Waals surface area contributed by atoms with Crippen molar-refractivity contribution >= 4 is 45.2 Å². The van der Waals surface area contributed by atoms with Gasteiger partial charge in [-0.05, 0) is 67.6 Å². The van der Waals surface area contributed by atoms with E-state index in [4.69, 9.17) is 14.0 Å². The maximum atomic E-state index is 14.4. The standard InChI is InChI=1S/C42H47FN6O8S/c1-23(2)36(47-39(52)33-18-24(3)57-48-33)40(53)45-32(19-25-10-13-28(43)14-11-25)38(51)44-31(37(50)41-46-30-8-6-7-9-35(30)58-41)20-26-16-17-49(42(26)54)22-27-12-15-29(55-4)21-34(27)56-5/h6-15,18,21,23,26,31-32,36-37,50H,16-17,19-20,22H2,1-5H3,(H,44,51)(H,45,53)(H,47,52)/t26-,31-,32-,36-,37?/m0/s1. The van der Waals surface area contributed by atoms with E-state index in [1.54, 1.807) is 52.0 Å². The molecule has 16 heteroatoms. The molecule has 1 unspecified atom stereocenters. The number of aliphatic hydroxyl groups excluding tert-OH is 1. The van der Waals surface area contributed by atoms with Crippen LogP contribution in [0.3, 0.4) is 0 Å². The number of fused-ring (bicyclic) bond motifs is 1. The third kappa shape index (κ3) is 9.98. The molecule has 0 aliphatic carbocycles. The molecule has 1 aliphatic rings. The Morgan fingerprint density at radius 3 is 2.43 bits per heavy atom. The summed E-state index contributed by atoms with van der Waals surface area (Å²) in [6.45, 7) is 5.84. The molecule has 1 fully saturated rings. The molecular weight excluding hydrogens is 768 g/mol. The Kier molecular flexibility index (Phi) is 13.4. The molecular formula is C42H47FN6O8S. The predicted octanol–water partition coefficient (Wildman–Crippen LogP) is 4.89. The molecule has 3 heterocycles. The second-order valence-electron chi connectivity index (χ2n) is 14.6.